The van der Waals surface area contributed by atoms with Gasteiger partial charge >= 0.3 is 0 Å². The van der Waals surface area contributed by atoms with Crippen LogP contribution in [-0.4, -0.2) is 36.2 Å². The molecule has 1 fully saturated rings. The molecule has 0 bridgehead atoms. The second-order valence-electron chi connectivity index (χ2n) is 4.94. The van der Waals surface area contributed by atoms with Gasteiger partial charge < -0.3 is 0 Å². The molecule has 1 amide bonds. The van der Waals surface area contributed by atoms with Gasteiger partial charge in [-0.05, 0) is 37.5 Å². The first-order valence-electron chi connectivity index (χ1n) is 7.34. The highest BCUT2D eigenvalue weighted by Gasteiger charge is 2.37. The van der Waals surface area contributed by atoms with Crippen molar-refractivity contribution in [3.8, 4) is 0 Å². The Morgan fingerprint density at radius 1 is 1.18 bits per heavy atom. The molecule has 1 aliphatic rings. The van der Waals surface area contributed by atoms with Gasteiger partial charge in [0, 0.05) is 6.54 Å². The minimum Gasteiger partial charge on any atom is -0.290 e. The predicted octanol–water partition coefficient (Wildman–Crippen LogP) is 2.67. The van der Waals surface area contributed by atoms with Gasteiger partial charge in [0.25, 0.3) is 10.0 Å². The molecular weight excluding hydrogens is 320 g/mol. The smallest absolute Gasteiger partial charge is 0.284 e. The van der Waals surface area contributed by atoms with Gasteiger partial charge in [-0.1, -0.05) is 37.7 Å². The quantitative estimate of drug-likeness (QED) is 0.826. The van der Waals surface area contributed by atoms with Crippen LogP contribution < -0.4 is 0 Å². The molecule has 0 spiro atoms. The summed E-state index contributed by atoms with van der Waals surface area (Å²) in [5.74, 6) is -0.0646. The average molecular weight is 340 g/mol. The van der Waals surface area contributed by atoms with Crippen LogP contribution in [0.2, 0.25) is 0 Å². The zero-order valence-electron chi connectivity index (χ0n) is 12.9. The molecule has 22 heavy (non-hydrogen) atoms. The van der Waals surface area contributed by atoms with Crippen LogP contribution >= 0.6 is 11.8 Å². The van der Waals surface area contributed by atoms with Crippen molar-refractivity contribution in [1.82, 2.24) is 4.90 Å². The number of nitrogens with zero attached hydrogens (tertiary/aromatic N) is 2. The summed E-state index contributed by atoms with van der Waals surface area (Å²) >= 11 is 1.23. The van der Waals surface area contributed by atoms with E-state index in [1.807, 2.05) is 20.8 Å². The maximum atomic E-state index is 12.4. The maximum Gasteiger partial charge on any atom is 0.284 e. The number of hydrogen-bond donors (Lipinski definition) is 0. The van der Waals surface area contributed by atoms with E-state index >= 15 is 0 Å². The number of carbonyl (C=O) groups excluding carboxylic acids is 1. The summed E-state index contributed by atoms with van der Waals surface area (Å²) < 4.78 is 28.7. The summed E-state index contributed by atoms with van der Waals surface area (Å²) in [5.41, 5.74) is 1.07. The Kier molecular flexibility index (Phi) is 5.28. The number of amidine groups is 1. The van der Waals surface area contributed by atoms with Crippen molar-refractivity contribution in [2.45, 2.75) is 43.8 Å². The van der Waals surface area contributed by atoms with Gasteiger partial charge in [0.05, 0.1) is 10.1 Å². The Balaban J connectivity index is 2.35. The van der Waals surface area contributed by atoms with Gasteiger partial charge in [0.2, 0.25) is 5.91 Å². The largest absolute Gasteiger partial charge is 0.290 e. The van der Waals surface area contributed by atoms with Crippen molar-refractivity contribution in [3.05, 3.63) is 29.8 Å². The lowest BCUT2D eigenvalue weighted by molar-refractivity contribution is -0.126. The molecule has 0 aromatic heterocycles. The zero-order valence-corrected chi connectivity index (χ0v) is 14.6. The van der Waals surface area contributed by atoms with Crippen LogP contribution in [0.1, 0.15) is 32.8 Å². The Bertz CT molecular complexity index is 681. The van der Waals surface area contributed by atoms with Crippen molar-refractivity contribution in [2.24, 2.45) is 4.40 Å². The number of amides is 1. The maximum absolute atomic E-state index is 12.4. The third-order valence-electron chi connectivity index (χ3n) is 3.53. The number of rotatable bonds is 5. The average Bonchev–Trinajstić information content (AvgIpc) is 2.81. The van der Waals surface area contributed by atoms with Gasteiger partial charge in [-0.2, -0.15) is 8.42 Å². The van der Waals surface area contributed by atoms with E-state index in [4.69, 9.17) is 0 Å². The molecule has 7 heteroatoms. The Hall–Kier alpha value is -1.34. The molecule has 0 unspecified atom stereocenters. The van der Waals surface area contributed by atoms with E-state index in [0.717, 1.165) is 12.0 Å². The van der Waals surface area contributed by atoms with Crippen LogP contribution in [0.5, 0.6) is 0 Å². The molecule has 1 aromatic carbocycles. The van der Waals surface area contributed by atoms with E-state index < -0.39 is 10.0 Å². The Labute approximate surface area is 135 Å². The van der Waals surface area contributed by atoms with E-state index in [2.05, 4.69) is 4.40 Å². The highest BCUT2D eigenvalue weighted by molar-refractivity contribution is 8.16. The van der Waals surface area contributed by atoms with Crippen LogP contribution in [0.15, 0.2) is 33.6 Å². The standard InChI is InChI=1S/C15H20N2O3S2/c1-4-11-7-9-12(10-8-11)22(19,20)16-15-17(6-3)14(18)13(5-2)21-15/h7-10,13H,4-6H2,1-3H3/t13-/m0/s1. The normalized spacial score (nSPS) is 20.9. The second kappa shape index (κ2) is 6.83. The zero-order chi connectivity index (χ0) is 16.3. The lowest BCUT2D eigenvalue weighted by Crippen LogP contribution is -2.32. The number of hydrogen-bond acceptors (Lipinski definition) is 4. The first kappa shape index (κ1) is 17.0. The highest BCUT2D eigenvalue weighted by atomic mass is 32.2. The molecule has 1 aliphatic heterocycles. The van der Waals surface area contributed by atoms with E-state index in [0.29, 0.717) is 13.0 Å². The van der Waals surface area contributed by atoms with Crippen molar-refractivity contribution >= 4 is 32.9 Å². The number of aryl methyl sites for hydroxylation is 1. The van der Waals surface area contributed by atoms with E-state index in [-0.39, 0.29) is 21.2 Å². The predicted molar refractivity (Wildman–Crippen MR) is 89.5 cm³/mol. The molecule has 1 aromatic rings. The van der Waals surface area contributed by atoms with Crippen LogP contribution in [0.25, 0.3) is 0 Å². The van der Waals surface area contributed by atoms with Gasteiger partial charge in [-0.3, -0.25) is 9.69 Å². The number of sulfonamides is 1. The fourth-order valence-corrected chi connectivity index (χ4v) is 4.53. The molecule has 2 rings (SSSR count). The van der Waals surface area contributed by atoms with E-state index in [1.54, 1.807) is 24.3 Å². The molecule has 1 heterocycles. The van der Waals surface area contributed by atoms with Gasteiger partial charge in [0.1, 0.15) is 0 Å². The van der Waals surface area contributed by atoms with Gasteiger partial charge in [-0.25, -0.2) is 0 Å². The molecule has 120 valence electrons. The molecule has 1 saturated heterocycles. The minimum absolute atomic E-state index is 0.0646. The molecule has 0 radical (unpaired) electrons. The van der Waals surface area contributed by atoms with Crippen molar-refractivity contribution in [2.75, 3.05) is 6.54 Å². The minimum atomic E-state index is -3.79. The summed E-state index contributed by atoms with van der Waals surface area (Å²) in [4.78, 5) is 13.7. The molecule has 5 nitrogen and oxygen atoms in total. The highest BCUT2D eigenvalue weighted by Crippen LogP contribution is 2.30. The second-order valence-corrected chi connectivity index (χ2v) is 7.72. The first-order valence-corrected chi connectivity index (χ1v) is 9.66. The lowest BCUT2D eigenvalue weighted by Gasteiger charge is -2.12. The summed E-state index contributed by atoms with van der Waals surface area (Å²) in [6.07, 6.45) is 1.51. The van der Waals surface area contributed by atoms with Crippen LogP contribution in [0, 0.1) is 0 Å². The van der Waals surface area contributed by atoms with E-state index in [9.17, 15) is 13.2 Å². The molecule has 0 saturated carbocycles. The number of thioether (sulfide) groups is 1. The van der Waals surface area contributed by atoms with Gasteiger partial charge in [0.15, 0.2) is 5.17 Å². The molecular formula is C15H20N2O3S2. The van der Waals surface area contributed by atoms with Gasteiger partial charge in [-0.15, -0.1) is 4.40 Å². The summed E-state index contributed by atoms with van der Waals surface area (Å²) in [6, 6.07) is 6.69. The van der Waals surface area contributed by atoms with Crippen molar-refractivity contribution in [1.29, 1.82) is 0 Å². The third-order valence-corrected chi connectivity index (χ3v) is 6.27. The Morgan fingerprint density at radius 3 is 2.32 bits per heavy atom. The SMILES string of the molecule is CCc1ccc(S(=O)(=O)N=C2S[C@@H](CC)C(=O)N2CC)cc1. The fourth-order valence-electron chi connectivity index (χ4n) is 2.18. The summed E-state index contributed by atoms with van der Waals surface area (Å²) in [6.45, 7) is 6.15. The Morgan fingerprint density at radius 2 is 1.82 bits per heavy atom. The van der Waals surface area contributed by atoms with Crippen LogP contribution in [0.4, 0.5) is 0 Å². The van der Waals surface area contributed by atoms with Crippen LogP contribution in [-0.2, 0) is 21.2 Å². The molecule has 0 aliphatic carbocycles. The summed E-state index contributed by atoms with van der Waals surface area (Å²) in [7, 11) is -3.79. The third kappa shape index (κ3) is 3.35. The monoisotopic (exact) mass is 340 g/mol. The first-order chi connectivity index (χ1) is 10.4. The van der Waals surface area contributed by atoms with Crippen molar-refractivity contribution < 1.29 is 13.2 Å². The van der Waals surface area contributed by atoms with E-state index in [1.165, 1.54) is 16.7 Å². The summed E-state index contributed by atoms with van der Waals surface area (Å²) in [5, 5.41) is 0.0373. The van der Waals surface area contributed by atoms with Crippen LogP contribution in [0.3, 0.4) is 0 Å². The molecule has 1 atom stereocenters. The molecule has 0 N–H and O–H groups in total. The number of carbonyl (C=O) groups is 1. The van der Waals surface area contributed by atoms with Crippen molar-refractivity contribution in [3.63, 3.8) is 0 Å². The fraction of sp³-hybridized carbons (Fsp3) is 0.467. The number of benzene rings is 1. The topological polar surface area (TPSA) is 66.8 Å². The lowest BCUT2D eigenvalue weighted by atomic mass is 10.2.